The van der Waals surface area contributed by atoms with Crippen molar-refractivity contribution < 1.29 is 9.90 Å². The molecule has 0 rings (SSSR count). The fourth-order valence-corrected chi connectivity index (χ4v) is 1.58. The first kappa shape index (κ1) is 16.4. The quantitative estimate of drug-likeness (QED) is 0.676. The molecule has 0 aliphatic carbocycles. The molecule has 0 aromatic rings. The highest BCUT2D eigenvalue weighted by Crippen LogP contribution is 2.08. The third-order valence-electron chi connectivity index (χ3n) is 2.85. The molecule has 0 aliphatic rings. The van der Waals surface area contributed by atoms with Crippen LogP contribution in [0.25, 0.3) is 0 Å². The molecule has 0 bridgehead atoms. The van der Waals surface area contributed by atoms with Crippen molar-refractivity contribution in [3.05, 3.63) is 0 Å². The van der Waals surface area contributed by atoms with Crippen molar-refractivity contribution in [2.75, 3.05) is 19.7 Å². The zero-order valence-electron chi connectivity index (χ0n) is 11.9. The van der Waals surface area contributed by atoms with E-state index in [1.807, 2.05) is 4.90 Å². The maximum Gasteiger partial charge on any atom is 0.222 e. The van der Waals surface area contributed by atoms with E-state index in [9.17, 15) is 4.79 Å². The average molecular weight is 243 g/mol. The van der Waals surface area contributed by atoms with Gasteiger partial charge in [0.15, 0.2) is 0 Å². The zero-order valence-corrected chi connectivity index (χ0v) is 11.9. The Hall–Kier alpha value is -0.570. The Balaban J connectivity index is 4.12. The molecule has 3 heteroatoms. The van der Waals surface area contributed by atoms with E-state index in [0.717, 1.165) is 25.9 Å². The Morgan fingerprint density at radius 2 is 1.53 bits per heavy atom. The van der Waals surface area contributed by atoms with Crippen molar-refractivity contribution in [1.82, 2.24) is 4.90 Å². The van der Waals surface area contributed by atoms with Crippen LogP contribution in [0.4, 0.5) is 0 Å². The zero-order chi connectivity index (χ0) is 13.3. The Morgan fingerprint density at radius 3 is 1.88 bits per heavy atom. The molecule has 0 atom stereocenters. The molecular formula is C14H29NO2. The first-order valence-corrected chi connectivity index (χ1v) is 6.86. The molecule has 17 heavy (non-hydrogen) atoms. The summed E-state index contributed by atoms with van der Waals surface area (Å²) >= 11 is 0. The van der Waals surface area contributed by atoms with E-state index in [2.05, 4.69) is 27.7 Å². The summed E-state index contributed by atoms with van der Waals surface area (Å²) in [5.74, 6) is 1.45. The van der Waals surface area contributed by atoms with Crippen LogP contribution in [0.3, 0.4) is 0 Å². The number of amides is 1. The molecule has 0 aromatic carbocycles. The van der Waals surface area contributed by atoms with Gasteiger partial charge in [0.05, 0.1) is 0 Å². The summed E-state index contributed by atoms with van der Waals surface area (Å²) in [4.78, 5) is 13.9. The molecule has 0 aromatic heterocycles. The normalized spacial score (nSPS) is 11.2. The molecule has 102 valence electrons. The molecule has 0 unspecified atom stereocenters. The Bertz CT molecular complexity index is 190. The third-order valence-corrected chi connectivity index (χ3v) is 2.85. The molecule has 0 fully saturated rings. The highest BCUT2D eigenvalue weighted by Gasteiger charge is 2.13. The van der Waals surface area contributed by atoms with E-state index in [4.69, 9.17) is 5.11 Å². The van der Waals surface area contributed by atoms with E-state index in [1.54, 1.807) is 0 Å². The summed E-state index contributed by atoms with van der Waals surface area (Å²) in [6, 6.07) is 0. The Morgan fingerprint density at radius 1 is 1.06 bits per heavy atom. The van der Waals surface area contributed by atoms with Crippen LogP contribution in [0, 0.1) is 11.8 Å². The van der Waals surface area contributed by atoms with Gasteiger partial charge in [-0.25, -0.2) is 0 Å². The van der Waals surface area contributed by atoms with Gasteiger partial charge in [0.1, 0.15) is 0 Å². The van der Waals surface area contributed by atoms with E-state index >= 15 is 0 Å². The molecule has 0 spiro atoms. The lowest BCUT2D eigenvalue weighted by molar-refractivity contribution is -0.131. The minimum atomic E-state index is 0.105. The van der Waals surface area contributed by atoms with Crippen LogP contribution in [0.1, 0.15) is 53.4 Å². The lowest BCUT2D eigenvalue weighted by Crippen LogP contribution is -2.34. The summed E-state index contributed by atoms with van der Waals surface area (Å²) in [5.41, 5.74) is 0. The maximum atomic E-state index is 11.9. The second-order valence-electron chi connectivity index (χ2n) is 5.57. The second kappa shape index (κ2) is 9.46. The van der Waals surface area contributed by atoms with Crippen LogP contribution in [-0.4, -0.2) is 35.6 Å². The van der Waals surface area contributed by atoms with Gasteiger partial charge >= 0.3 is 0 Å². The van der Waals surface area contributed by atoms with Crippen LogP contribution in [-0.2, 0) is 4.79 Å². The standard InChI is InChI=1S/C14H29NO2/c1-12(2)7-9-15(10-8-13(3)4)14(17)6-5-11-16/h12-13,16H,5-11H2,1-4H3. The summed E-state index contributed by atoms with van der Waals surface area (Å²) < 4.78 is 0. The van der Waals surface area contributed by atoms with E-state index < -0.39 is 0 Å². The molecule has 0 radical (unpaired) electrons. The smallest absolute Gasteiger partial charge is 0.222 e. The molecule has 0 saturated heterocycles. The molecule has 1 amide bonds. The lowest BCUT2D eigenvalue weighted by atomic mass is 10.1. The number of carbonyl (C=O) groups is 1. The highest BCUT2D eigenvalue weighted by molar-refractivity contribution is 5.76. The van der Waals surface area contributed by atoms with Gasteiger partial charge in [-0.2, -0.15) is 0 Å². The van der Waals surface area contributed by atoms with Gasteiger partial charge in [-0.3, -0.25) is 4.79 Å². The monoisotopic (exact) mass is 243 g/mol. The predicted molar refractivity (Wildman–Crippen MR) is 71.8 cm³/mol. The number of hydrogen-bond acceptors (Lipinski definition) is 2. The van der Waals surface area contributed by atoms with Crippen molar-refractivity contribution in [3.8, 4) is 0 Å². The molecule has 0 heterocycles. The second-order valence-corrected chi connectivity index (χ2v) is 5.57. The predicted octanol–water partition coefficient (Wildman–Crippen LogP) is 2.68. The number of aliphatic hydroxyl groups is 1. The van der Waals surface area contributed by atoms with E-state index in [-0.39, 0.29) is 12.5 Å². The fraction of sp³-hybridized carbons (Fsp3) is 0.929. The summed E-state index contributed by atoms with van der Waals surface area (Å²) in [6.45, 7) is 10.5. The number of hydrogen-bond donors (Lipinski definition) is 1. The van der Waals surface area contributed by atoms with Crippen molar-refractivity contribution >= 4 is 5.91 Å². The van der Waals surface area contributed by atoms with Gasteiger partial charge in [0.2, 0.25) is 5.91 Å². The highest BCUT2D eigenvalue weighted by atomic mass is 16.3. The number of carbonyl (C=O) groups excluding carboxylic acids is 1. The van der Waals surface area contributed by atoms with Crippen molar-refractivity contribution in [1.29, 1.82) is 0 Å². The molecular weight excluding hydrogens is 214 g/mol. The average Bonchev–Trinajstić information content (AvgIpc) is 2.25. The van der Waals surface area contributed by atoms with Crippen molar-refractivity contribution in [2.24, 2.45) is 11.8 Å². The maximum absolute atomic E-state index is 11.9. The molecule has 0 saturated carbocycles. The van der Waals surface area contributed by atoms with E-state index in [1.165, 1.54) is 0 Å². The van der Waals surface area contributed by atoms with Crippen LogP contribution in [0.2, 0.25) is 0 Å². The van der Waals surface area contributed by atoms with Crippen LogP contribution in [0.5, 0.6) is 0 Å². The summed E-state index contributed by atoms with van der Waals surface area (Å²) in [6.07, 6.45) is 3.18. The minimum Gasteiger partial charge on any atom is -0.396 e. The van der Waals surface area contributed by atoms with Gasteiger partial charge in [-0.15, -0.1) is 0 Å². The first-order valence-electron chi connectivity index (χ1n) is 6.86. The van der Waals surface area contributed by atoms with Gasteiger partial charge < -0.3 is 10.0 Å². The Labute approximate surface area is 106 Å². The summed E-state index contributed by atoms with van der Waals surface area (Å²) in [5, 5.41) is 8.76. The van der Waals surface area contributed by atoms with Gasteiger partial charge in [0, 0.05) is 26.1 Å². The third kappa shape index (κ3) is 9.16. The van der Waals surface area contributed by atoms with Crippen LogP contribution < -0.4 is 0 Å². The number of rotatable bonds is 9. The molecule has 1 N–H and O–H groups in total. The number of nitrogens with zero attached hydrogens (tertiary/aromatic N) is 1. The van der Waals surface area contributed by atoms with Crippen LogP contribution >= 0.6 is 0 Å². The topological polar surface area (TPSA) is 40.5 Å². The number of aliphatic hydroxyl groups excluding tert-OH is 1. The Kier molecular flexibility index (Phi) is 9.14. The minimum absolute atomic E-state index is 0.105. The van der Waals surface area contributed by atoms with Gasteiger partial charge in [-0.1, -0.05) is 27.7 Å². The lowest BCUT2D eigenvalue weighted by Gasteiger charge is -2.24. The van der Waals surface area contributed by atoms with Gasteiger partial charge in [-0.05, 0) is 31.1 Å². The van der Waals surface area contributed by atoms with Gasteiger partial charge in [0.25, 0.3) is 0 Å². The van der Waals surface area contributed by atoms with Crippen LogP contribution in [0.15, 0.2) is 0 Å². The van der Waals surface area contributed by atoms with Crippen molar-refractivity contribution in [3.63, 3.8) is 0 Å². The summed E-state index contributed by atoms with van der Waals surface area (Å²) in [7, 11) is 0. The largest absolute Gasteiger partial charge is 0.396 e. The SMILES string of the molecule is CC(C)CCN(CCC(C)C)C(=O)CCCO. The molecule has 0 aliphatic heterocycles. The van der Waals surface area contributed by atoms with E-state index in [0.29, 0.717) is 24.7 Å². The van der Waals surface area contributed by atoms with Crippen molar-refractivity contribution in [2.45, 2.75) is 53.4 Å². The molecule has 3 nitrogen and oxygen atoms in total. The fourth-order valence-electron chi connectivity index (χ4n) is 1.58. The first-order chi connectivity index (χ1) is 7.97.